The molecular weight excluding hydrogens is 303 g/mol. The van der Waals surface area contributed by atoms with Crippen molar-refractivity contribution in [1.29, 1.82) is 5.26 Å². The highest BCUT2D eigenvalue weighted by Crippen LogP contribution is 2.45. The van der Waals surface area contributed by atoms with Gasteiger partial charge in [0.15, 0.2) is 0 Å². The van der Waals surface area contributed by atoms with E-state index in [2.05, 4.69) is 34.0 Å². The van der Waals surface area contributed by atoms with Gasteiger partial charge in [-0.05, 0) is 59.7 Å². The summed E-state index contributed by atoms with van der Waals surface area (Å²) in [5.41, 5.74) is 0.00477. The summed E-state index contributed by atoms with van der Waals surface area (Å²) >= 11 is 2.20. The van der Waals surface area contributed by atoms with Gasteiger partial charge >= 0.3 is 0 Å². The van der Waals surface area contributed by atoms with Crippen LogP contribution in [0.3, 0.4) is 0 Å². The van der Waals surface area contributed by atoms with Crippen molar-refractivity contribution < 1.29 is 4.79 Å². The molecule has 0 saturated heterocycles. The molecule has 1 aliphatic rings. The largest absolute Gasteiger partial charge is 0.325 e. The van der Waals surface area contributed by atoms with Crippen LogP contribution in [0.25, 0.3) is 0 Å². The molecular formula is C11H9IN2O. The first kappa shape index (κ1) is 10.4. The van der Waals surface area contributed by atoms with Gasteiger partial charge in [0.05, 0.1) is 6.07 Å². The molecule has 0 atom stereocenters. The number of amides is 1. The standard InChI is InChI=1S/C11H9IN2O/c12-8-1-3-9(4-2-8)14-10(15)11(7-13)5-6-11/h1-4H,5-6H2,(H,14,15). The molecule has 1 aliphatic carbocycles. The molecule has 1 saturated carbocycles. The number of nitrogens with one attached hydrogen (secondary N) is 1. The fourth-order valence-electron chi connectivity index (χ4n) is 1.30. The Labute approximate surface area is 102 Å². The third-order valence-electron chi connectivity index (χ3n) is 2.50. The van der Waals surface area contributed by atoms with E-state index in [1.807, 2.05) is 24.3 Å². The maximum atomic E-state index is 11.7. The van der Waals surface area contributed by atoms with Crippen LogP contribution in [0.2, 0.25) is 0 Å². The minimum atomic E-state index is -0.747. The lowest BCUT2D eigenvalue weighted by molar-refractivity contribution is -0.119. The van der Waals surface area contributed by atoms with Gasteiger partial charge in [0.1, 0.15) is 5.41 Å². The molecule has 1 aromatic rings. The molecule has 2 rings (SSSR count). The van der Waals surface area contributed by atoms with Crippen LogP contribution >= 0.6 is 22.6 Å². The second-order valence-electron chi connectivity index (χ2n) is 3.65. The Hall–Kier alpha value is -1.09. The zero-order valence-electron chi connectivity index (χ0n) is 7.96. The third kappa shape index (κ3) is 2.12. The lowest BCUT2D eigenvalue weighted by Crippen LogP contribution is -2.22. The molecule has 0 unspecified atom stereocenters. The van der Waals surface area contributed by atoms with Gasteiger partial charge in [-0.3, -0.25) is 4.79 Å². The number of nitrogens with zero attached hydrogens (tertiary/aromatic N) is 1. The van der Waals surface area contributed by atoms with Gasteiger partial charge in [-0.25, -0.2) is 0 Å². The molecule has 0 aromatic heterocycles. The summed E-state index contributed by atoms with van der Waals surface area (Å²) in [5.74, 6) is -0.175. The normalized spacial score (nSPS) is 16.5. The summed E-state index contributed by atoms with van der Waals surface area (Å²) in [6.07, 6.45) is 1.36. The molecule has 4 heteroatoms. The van der Waals surface area contributed by atoms with Crippen LogP contribution in [0.15, 0.2) is 24.3 Å². The topological polar surface area (TPSA) is 52.9 Å². The lowest BCUT2D eigenvalue weighted by atomic mass is 10.1. The van der Waals surface area contributed by atoms with Gasteiger partial charge in [-0.1, -0.05) is 0 Å². The first-order valence-corrected chi connectivity index (χ1v) is 5.72. The minimum Gasteiger partial charge on any atom is -0.325 e. The number of benzene rings is 1. The van der Waals surface area contributed by atoms with E-state index in [4.69, 9.17) is 5.26 Å². The summed E-state index contributed by atoms with van der Waals surface area (Å²) in [6.45, 7) is 0. The first-order valence-electron chi connectivity index (χ1n) is 4.65. The zero-order chi connectivity index (χ0) is 10.9. The second-order valence-corrected chi connectivity index (χ2v) is 4.90. The molecule has 0 radical (unpaired) electrons. The molecule has 76 valence electrons. The number of hydrogen-bond donors (Lipinski definition) is 1. The second kappa shape index (κ2) is 3.81. The fraction of sp³-hybridized carbons (Fsp3) is 0.273. The molecule has 15 heavy (non-hydrogen) atoms. The van der Waals surface area contributed by atoms with Crippen molar-refractivity contribution in [3.63, 3.8) is 0 Å². The summed E-state index contributed by atoms with van der Waals surface area (Å²) in [5, 5.41) is 11.6. The van der Waals surface area contributed by atoms with Gasteiger partial charge in [0.25, 0.3) is 0 Å². The van der Waals surface area contributed by atoms with Crippen LogP contribution in [0.5, 0.6) is 0 Å². The number of carbonyl (C=O) groups is 1. The van der Waals surface area contributed by atoms with Crippen molar-refractivity contribution in [1.82, 2.24) is 0 Å². The van der Waals surface area contributed by atoms with Crippen LogP contribution in [-0.2, 0) is 4.79 Å². The third-order valence-corrected chi connectivity index (χ3v) is 3.22. The summed E-state index contributed by atoms with van der Waals surface area (Å²) < 4.78 is 1.12. The van der Waals surface area contributed by atoms with Crippen LogP contribution in [0, 0.1) is 20.3 Å². The number of hydrogen-bond acceptors (Lipinski definition) is 2. The van der Waals surface area contributed by atoms with Gasteiger partial charge in [-0.2, -0.15) is 5.26 Å². The zero-order valence-corrected chi connectivity index (χ0v) is 10.1. The predicted octanol–water partition coefficient (Wildman–Crippen LogP) is 2.53. The SMILES string of the molecule is N#CC1(C(=O)Nc2ccc(I)cc2)CC1. The molecule has 1 fully saturated rings. The number of anilines is 1. The molecule has 0 heterocycles. The fourth-order valence-corrected chi connectivity index (χ4v) is 1.66. The van der Waals surface area contributed by atoms with E-state index >= 15 is 0 Å². The van der Waals surface area contributed by atoms with E-state index in [1.165, 1.54) is 0 Å². The Bertz CT molecular complexity index is 429. The van der Waals surface area contributed by atoms with E-state index in [0.29, 0.717) is 12.8 Å². The predicted molar refractivity (Wildman–Crippen MR) is 65.1 cm³/mol. The molecule has 0 aliphatic heterocycles. The Balaban J connectivity index is 2.07. The highest BCUT2D eigenvalue weighted by atomic mass is 127. The van der Waals surface area contributed by atoms with Gasteiger partial charge < -0.3 is 5.32 Å². The van der Waals surface area contributed by atoms with Crippen molar-refractivity contribution in [2.75, 3.05) is 5.32 Å². The number of rotatable bonds is 2. The van der Waals surface area contributed by atoms with Gasteiger partial charge in [0, 0.05) is 9.26 Å². The van der Waals surface area contributed by atoms with Crippen LogP contribution in [0.1, 0.15) is 12.8 Å². The smallest absolute Gasteiger partial charge is 0.244 e. The number of carbonyl (C=O) groups excluding carboxylic acids is 1. The summed E-state index contributed by atoms with van der Waals surface area (Å²) in [7, 11) is 0. The van der Waals surface area contributed by atoms with Crippen molar-refractivity contribution in [2.45, 2.75) is 12.8 Å². The van der Waals surface area contributed by atoms with Crippen LogP contribution in [0.4, 0.5) is 5.69 Å². The van der Waals surface area contributed by atoms with E-state index in [-0.39, 0.29) is 5.91 Å². The van der Waals surface area contributed by atoms with Crippen molar-refractivity contribution in [3.05, 3.63) is 27.8 Å². The summed E-state index contributed by atoms with van der Waals surface area (Å²) in [6, 6.07) is 9.59. The Kier molecular flexibility index (Phi) is 2.65. The van der Waals surface area contributed by atoms with Crippen molar-refractivity contribution >= 4 is 34.2 Å². The Morgan fingerprint density at radius 2 is 2.00 bits per heavy atom. The molecule has 1 aromatic carbocycles. The van der Waals surface area contributed by atoms with E-state index in [1.54, 1.807) is 0 Å². The van der Waals surface area contributed by atoms with Crippen LogP contribution in [-0.4, -0.2) is 5.91 Å². The quantitative estimate of drug-likeness (QED) is 0.853. The maximum absolute atomic E-state index is 11.7. The monoisotopic (exact) mass is 312 g/mol. The number of nitriles is 1. The van der Waals surface area contributed by atoms with Crippen molar-refractivity contribution in [2.24, 2.45) is 5.41 Å². The average molecular weight is 312 g/mol. The molecule has 3 nitrogen and oxygen atoms in total. The van der Waals surface area contributed by atoms with Gasteiger partial charge in [-0.15, -0.1) is 0 Å². The van der Waals surface area contributed by atoms with Crippen LogP contribution < -0.4 is 5.32 Å². The maximum Gasteiger partial charge on any atom is 0.244 e. The Morgan fingerprint density at radius 1 is 1.40 bits per heavy atom. The minimum absolute atomic E-state index is 0.175. The molecule has 1 N–H and O–H groups in total. The van der Waals surface area contributed by atoms with E-state index < -0.39 is 5.41 Å². The molecule has 0 spiro atoms. The lowest BCUT2D eigenvalue weighted by Gasteiger charge is -2.07. The Morgan fingerprint density at radius 3 is 2.47 bits per heavy atom. The molecule has 1 amide bonds. The van der Waals surface area contributed by atoms with Crippen molar-refractivity contribution in [3.8, 4) is 6.07 Å². The van der Waals surface area contributed by atoms with E-state index in [9.17, 15) is 4.79 Å². The van der Waals surface area contributed by atoms with E-state index in [0.717, 1.165) is 9.26 Å². The number of halogens is 1. The first-order chi connectivity index (χ1) is 7.16. The highest BCUT2D eigenvalue weighted by Gasteiger charge is 2.50. The highest BCUT2D eigenvalue weighted by molar-refractivity contribution is 14.1. The van der Waals surface area contributed by atoms with Gasteiger partial charge in [0.2, 0.25) is 5.91 Å². The molecule has 0 bridgehead atoms. The average Bonchev–Trinajstić information content (AvgIpc) is 3.02. The summed E-state index contributed by atoms with van der Waals surface area (Å²) in [4.78, 5) is 11.7.